The van der Waals surface area contributed by atoms with Gasteiger partial charge in [0.05, 0.1) is 11.6 Å². The van der Waals surface area contributed by atoms with Gasteiger partial charge in [-0.2, -0.15) is 0 Å². The molecule has 0 heterocycles. The second kappa shape index (κ2) is 10.5. The third-order valence-electron chi connectivity index (χ3n) is 4.61. The second-order valence-corrected chi connectivity index (χ2v) is 7.55. The smallest absolute Gasteiger partial charge is 0.180 e. The van der Waals surface area contributed by atoms with Crippen LogP contribution in [0.4, 0.5) is 0 Å². The van der Waals surface area contributed by atoms with E-state index in [1.807, 2.05) is 61.5 Å². The lowest BCUT2D eigenvalue weighted by atomic mass is 10.1. The second-order valence-electron chi connectivity index (χ2n) is 6.73. The molecular formula is C24H25Cl2NO2. The molecule has 5 heteroatoms. The number of halogens is 2. The summed E-state index contributed by atoms with van der Waals surface area (Å²) in [6.45, 7) is 5.59. The van der Waals surface area contributed by atoms with E-state index in [2.05, 4.69) is 24.4 Å². The van der Waals surface area contributed by atoms with Crippen molar-refractivity contribution in [2.24, 2.45) is 0 Å². The van der Waals surface area contributed by atoms with E-state index in [-0.39, 0.29) is 6.04 Å². The first-order valence-electron chi connectivity index (χ1n) is 9.68. The van der Waals surface area contributed by atoms with Crippen LogP contribution in [0.15, 0.2) is 66.7 Å². The number of rotatable bonds is 9. The monoisotopic (exact) mass is 429 g/mol. The minimum Gasteiger partial charge on any atom is -0.490 e. The Balaban J connectivity index is 1.72. The van der Waals surface area contributed by atoms with Gasteiger partial charge in [0.2, 0.25) is 0 Å². The third-order valence-corrected chi connectivity index (χ3v) is 5.26. The molecule has 0 aromatic heterocycles. The van der Waals surface area contributed by atoms with Crippen molar-refractivity contribution >= 4 is 23.2 Å². The van der Waals surface area contributed by atoms with Crippen molar-refractivity contribution in [3.8, 4) is 11.5 Å². The molecule has 152 valence electrons. The Kier molecular flexibility index (Phi) is 7.82. The van der Waals surface area contributed by atoms with Crippen LogP contribution in [-0.4, -0.2) is 6.61 Å². The van der Waals surface area contributed by atoms with Gasteiger partial charge in [0, 0.05) is 23.2 Å². The lowest BCUT2D eigenvalue weighted by molar-refractivity contribution is 0.269. The highest BCUT2D eigenvalue weighted by Crippen LogP contribution is 2.37. The standard InChI is InChI=1S/C24H25Cl2NO2/c1-3-28-23-14-18(15-27-17(2)19-9-5-4-6-10-19)13-22(26)24(23)29-16-20-11-7-8-12-21(20)25/h4-14,17,27H,3,15-16H2,1-2H3/t17-/m1/s1. The highest BCUT2D eigenvalue weighted by atomic mass is 35.5. The van der Waals surface area contributed by atoms with Gasteiger partial charge in [-0.15, -0.1) is 0 Å². The molecule has 3 rings (SSSR count). The highest BCUT2D eigenvalue weighted by molar-refractivity contribution is 6.32. The fourth-order valence-electron chi connectivity index (χ4n) is 3.02. The fraction of sp³-hybridized carbons (Fsp3) is 0.250. The Morgan fingerprint density at radius 1 is 0.897 bits per heavy atom. The molecule has 3 aromatic rings. The zero-order chi connectivity index (χ0) is 20.6. The van der Waals surface area contributed by atoms with Gasteiger partial charge in [0.25, 0.3) is 0 Å². The number of hydrogen-bond donors (Lipinski definition) is 1. The van der Waals surface area contributed by atoms with E-state index in [0.717, 1.165) is 11.1 Å². The average Bonchev–Trinajstić information content (AvgIpc) is 2.73. The summed E-state index contributed by atoms with van der Waals surface area (Å²) in [6.07, 6.45) is 0. The van der Waals surface area contributed by atoms with Gasteiger partial charge >= 0.3 is 0 Å². The largest absolute Gasteiger partial charge is 0.490 e. The van der Waals surface area contributed by atoms with Crippen molar-refractivity contribution in [1.82, 2.24) is 5.32 Å². The molecule has 0 spiro atoms. The summed E-state index contributed by atoms with van der Waals surface area (Å²) in [5.41, 5.74) is 3.17. The number of hydrogen-bond acceptors (Lipinski definition) is 3. The van der Waals surface area contributed by atoms with Gasteiger partial charge in [0.1, 0.15) is 6.61 Å². The van der Waals surface area contributed by atoms with Gasteiger partial charge < -0.3 is 14.8 Å². The van der Waals surface area contributed by atoms with Crippen LogP contribution in [0.2, 0.25) is 10.0 Å². The van der Waals surface area contributed by atoms with Crippen LogP contribution in [0.25, 0.3) is 0 Å². The Hall–Kier alpha value is -2.20. The van der Waals surface area contributed by atoms with Crippen LogP contribution in [0.5, 0.6) is 11.5 Å². The molecular weight excluding hydrogens is 405 g/mol. The average molecular weight is 430 g/mol. The van der Waals surface area contributed by atoms with Crippen LogP contribution in [0, 0.1) is 0 Å². The van der Waals surface area contributed by atoms with E-state index in [0.29, 0.717) is 41.3 Å². The molecule has 0 aliphatic rings. The number of nitrogens with one attached hydrogen (secondary N) is 1. The molecule has 0 amide bonds. The SMILES string of the molecule is CCOc1cc(CN[C@H](C)c2ccccc2)cc(Cl)c1OCc1ccccc1Cl. The van der Waals surface area contributed by atoms with Crippen LogP contribution >= 0.6 is 23.2 Å². The Morgan fingerprint density at radius 2 is 1.62 bits per heavy atom. The summed E-state index contributed by atoms with van der Waals surface area (Å²) in [7, 11) is 0. The molecule has 3 nitrogen and oxygen atoms in total. The highest BCUT2D eigenvalue weighted by Gasteiger charge is 2.14. The van der Waals surface area contributed by atoms with Gasteiger partial charge in [-0.3, -0.25) is 0 Å². The third kappa shape index (κ3) is 5.89. The van der Waals surface area contributed by atoms with Crippen molar-refractivity contribution in [1.29, 1.82) is 0 Å². The fourth-order valence-corrected chi connectivity index (χ4v) is 3.50. The maximum atomic E-state index is 6.54. The van der Waals surface area contributed by atoms with Crippen LogP contribution < -0.4 is 14.8 Å². The predicted octanol–water partition coefficient (Wildman–Crippen LogP) is 6.82. The zero-order valence-corrected chi connectivity index (χ0v) is 18.1. The van der Waals surface area contributed by atoms with E-state index < -0.39 is 0 Å². The summed E-state index contributed by atoms with van der Waals surface area (Å²) in [4.78, 5) is 0. The van der Waals surface area contributed by atoms with Crippen molar-refractivity contribution in [2.75, 3.05) is 6.61 Å². The minimum atomic E-state index is 0.224. The van der Waals surface area contributed by atoms with Crippen molar-refractivity contribution in [2.45, 2.75) is 33.0 Å². The molecule has 3 aromatic carbocycles. The molecule has 1 atom stereocenters. The van der Waals surface area contributed by atoms with Crippen LogP contribution in [0.3, 0.4) is 0 Å². The first kappa shape index (κ1) is 21.5. The van der Waals surface area contributed by atoms with E-state index >= 15 is 0 Å². The molecule has 0 saturated heterocycles. The lowest BCUT2D eigenvalue weighted by Gasteiger charge is -2.18. The van der Waals surface area contributed by atoms with E-state index in [1.54, 1.807) is 0 Å². The number of ether oxygens (including phenoxy) is 2. The summed E-state index contributed by atoms with van der Waals surface area (Å²) in [5.74, 6) is 1.17. The van der Waals surface area contributed by atoms with Gasteiger partial charge in [-0.25, -0.2) is 0 Å². The van der Waals surface area contributed by atoms with Crippen molar-refractivity contribution in [3.63, 3.8) is 0 Å². The predicted molar refractivity (Wildman–Crippen MR) is 120 cm³/mol. The topological polar surface area (TPSA) is 30.5 Å². The lowest BCUT2D eigenvalue weighted by Crippen LogP contribution is -2.18. The zero-order valence-electron chi connectivity index (χ0n) is 16.6. The van der Waals surface area contributed by atoms with Crippen LogP contribution in [0.1, 0.15) is 36.6 Å². The molecule has 1 N–H and O–H groups in total. The molecule has 0 radical (unpaired) electrons. The molecule has 0 fully saturated rings. The Morgan fingerprint density at radius 3 is 2.34 bits per heavy atom. The summed E-state index contributed by atoms with van der Waals surface area (Å²) in [6, 6.07) is 22.0. The quantitative estimate of drug-likeness (QED) is 0.404. The van der Waals surface area contributed by atoms with Crippen molar-refractivity contribution < 1.29 is 9.47 Å². The maximum absolute atomic E-state index is 6.54. The molecule has 0 saturated carbocycles. The van der Waals surface area contributed by atoms with Gasteiger partial charge in [-0.05, 0) is 43.2 Å². The van der Waals surface area contributed by atoms with E-state index in [4.69, 9.17) is 32.7 Å². The summed E-state index contributed by atoms with van der Waals surface area (Å²) < 4.78 is 11.8. The summed E-state index contributed by atoms with van der Waals surface area (Å²) in [5, 5.41) is 4.71. The number of benzene rings is 3. The van der Waals surface area contributed by atoms with Crippen LogP contribution in [-0.2, 0) is 13.2 Å². The first-order valence-corrected chi connectivity index (χ1v) is 10.4. The molecule has 0 aliphatic carbocycles. The normalized spacial score (nSPS) is 11.9. The molecule has 0 unspecified atom stereocenters. The van der Waals surface area contributed by atoms with E-state index in [9.17, 15) is 0 Å². The molecule has 0 bridgehead atoms. The first-order chi connectivity index (χ1) is 14.1. The molecule has 29 heavy (non-hydrogen) atoms. The maximum Gasteiger partial charge on any atom is 0.180 e. The van der Waals surface area contributed by atoms with E-state index in [1.165, 1.54) is 5.56 Å². The Labute approximate surface area is 182 Å². The van der Waals surface area contributed by atoms with Crippen molar-refractivity contribution in [3.05, 3.63) is 93.5 Å². The Bertz CT molecular complexity index is 931. The van der Waals surface area contributed by atoms with Gasteiger partial charge in [0.15, 0.2) is 11.5 Å². The summed E-state index contributed by atoms with van der Waals surface area (Å²) >= 11 is 12.8. The minimum absolute atomic E-state index is 0.224. The van der Waals surface area contributed by atoms with Gasteiger partial charge in [-0.1, -0.05) is 71.7 Å². The molecule has 0 aliphatic heterocycles.